The van der Waals surface area contributed by atoms with Gasteiger partial charge in [-0.2, -0.15) is 0 Å². The Kier molecular flexibility index (Phi) is 5.32. The van der Waals surface area contributed by atoms with Gasteiger partial charge < -0.3 is 5.73 Å². The van der Waals surface area contributed by atoms with Crippen molar-refractivity contribution in [1.82, 2.24) is 4.72 Å². The smallest absolute Gasteiger partial charge is 0.243 e. The van der Waals surface area contributed by atoms with E-state index in [0.29, 0.717) is 5.56 Å². The van der Waals surface area contributed by atoms with Crippen molar-refractivity contribution in [3.05, 3.63) is 29.6 Å². The van der Waals surface area contributed by atoms with Crippen LogP contribution >= 0.6 is 12.4 Å². The minimum Gasteiger partial charge on any atom is -0.329 e. The lowest BCUT2D eigenvalue weighted by atomic mass is 10.2. The van der Waals surface area contributed by atoms with Gasteiger partial charge in [-0.1, -0.05) is 12.1 Å². The maximum absolute atomic E-state index is 13.8. The van der Waals surface area contributed by atoms with Crippen molar-refractivity contribution in [3.8, 4) is 0 Å². The Bertz CT molecular complexity index is 547. The highest BCUT2D eigenvalue weighted by Gasteiger charge is 2.34. The Hall–Kier alpha value is -0.690. The monoisotopic (exact) mass is 308 g/mol. The molecule has 1 unspecified atom stereocenters. The van der Waals surface area contributed by atoms with Gasteiger partial charge >= 0.3 is 0 Å². The second-order valence-electron chi connectivity index (χ2n) is 4.69. The molecule has 19 heavy (non-hydrogen) atoms. The molecule has 4 nitrogen and oxygen atoms in total. The van der Waals surface area contributed by atoms with Gasteiger partial charge in [0.25, 0.3) is 0 Å². The zero-order valence-electron chi connectivity index (χ0n) is 10.6. The number of sulfonamides is 1. The second kappa shape index (κ2) is 6.17. The Labute approximate surface area is 119 Å². The minimum atomic E-state index is -3.83. The number of hydrogen-bond acceptors (Lipinski definition) is 3. The maximum Gasteiger partial charge on any atom is 0.243 e. The van der Waals surface area contributed by atoms with E-state index in [1.807, 2.05) is 0 Å². The van der Waals surface area contributed by atoms with Crippen LogP contribution in [0.5, 0.6) is 0 Å². The molecule has 1 saturated carbocycles. The summed E-state index contributed by atoms with van der Waals surface area (Å²) in [5, 5.41) is 0. The van der Waals surface area contributed by atoms with Crippen molar-refractivity contribution in [2.75, 3.05) is 6.54 Å². The van der Waals surface area contributed by atoms with Crippen molar-refractivity contribution in [3.63, 3.8) is 0 Å². The van der Waals surface area contributed by atoms with Crippen LogP contribution in [0.15, 0.2) is 23.1 Å². The molecule has 2 rings (SSSR count). The Balaban J connectivity index is 0.00000180. The highest BCUT2D eigenvalue weighted by atomic mass is 35.5. The van der Waals surface area contributed by atoms with Crippen LogP contribution in [0.1, 0.15) is 18.4 Å². The summed E-state index contributed by atoms with van der Waals surface area (Å²) in [5.41, 5.74) is 5.86. The predicted molar refractivity (Wildman–Crippen MR) is 74.3 cm³/mol. The topological polar surface area (TPSA) is 72.2 Å². The summed E-state index contributed by atoms with van der Waals surface area (Å²) in [4.78, 5) is -0.304. The van der Waals surface area contributed by atoms with Gasteiger partial charge in [-0.3, -0.25) is 0 Å². The largest absolute Gasteiger partial charge is 0.329 e. The zero-order valence-corrected chi connectivity index (χ0v) is 12.2. The summed E-state index contributed by atoms with van der Waals surface area (Å²) >= 11 is 0. The Morgan fingerprint density at radius 3 is 2.63 bits per heavy atom. The molecule has 1 aliphatic rings. The summed E-state index contributed by atoms with van der Waals surface area (Å²) in [6, 6.07) is 4.04. The molecule has 0 heterocycles. The van der Waals surface area contributed by atoms with E-state index in [9.17, 15) is 12.8 Å². The van der Waals surface area contributed by atoms with Gasteiger partial charge in [-0.25, -0.2) is 17.5 Å². The van der Waals surface area contributed by atoms with Crippen LogP contribution in [-0.4, -0.2) is 21.0 Å². The van der Waals surface area contributed by atoms with Crippen molar-refractivity contribution >= 4 is 22.4 Å². The molecule has 0 aromatic heterocycles. The first-order chi connectivity index (χ1) is 8.45. The van der Waals surface area contributed by atoms with Gasteiger partial charge in [-0.05, 0) is 37.3 Å². The number of nitrogens with one attached hydrogen (secondary N) is 1. The number of benzene rings is 1. The van der Waals surface area contributed by atoms with E-state index in [-0.39, 0.29) is 35.8 Å². The van der Waals surface area contributed by atoms with E-state index in [0.717, 1.165) is 12.8 Å². The van der Waals surface area contributed by atoms with Crippen molar-refractivity contribution in [1.29, 1.82) is 0 Å². The highest BCUT2D eigenvalue weighted by Crippen LogP contribution is 2.33. The molecule has 1 aromatic carbocycles. The lowest BCUT2D eigenvalue weighted by Gasteiger charge is -2.16. The molecule has 3 N–H and O–H groups in total. The molecule has 1 atom stereocenters. The average Bonchev–Trinajstić information content (AvgIpc) is 3.13. The molecule has 0 bridgehead atoms. The maximum atomic E-state index is 13.8. The fraction of sp³-hybridized carbons (Fsp3) is 0.500. The van der Waals surface area contributed by atoms with Gasteiger partial charge in [0.1, 0.15) is 10.7 Å². The fourth-order valence-electron chi connectivity index (χ4n) is 1.93. The van der Waals surface area contributed by atoms with E-state index in [1.165, 1.54) is 25.1 Å². The van der Waals surface area contributed by atoms with Crippen molar-refractivity contribution in [2.45, 2.75) is 30.7 Å². The number of nitrogens with two attached hydrogens (primary N) is 1. The van der Waals surface area contributed by atoms with Gasteiger partial charge in [-0.15, -0.1) is 12.4 Å². The Morgan fingerprint density at radius 1 is 1.47 bits per heavy atom. The van der Waals surface area contributed by atoms with Crippen LogP contribution in [0.25, 0.3) is 0 Å². The van der Waals surface area contributed by atoms with Crippen LogP contribution in [-0.2, 0) is 10.0 Å². The van der Waals surface area contributed by atoms with E-state index in [4.69, 9.17) is 5.73 Å². The van der Waals surface area contributed by atoms with Gasteiger partial charge in [0, 0.05) is 12.6 Å². The van der Waals surface area contributed by atoms with Crippen LogP contribution in [0.3, 0.4) is 0 Å². The Morgan fingerprint density at radius 2 is 2.11 bits per heavy atom. The highest BCUT2D eigenvalue weighted by molar-refractivity contribution is 7.89. The third-order valence-corrected chi connectivity index (χ3v) is 4.70. The predicted octanol–water partition coefficient (Wildman–Crippen LogP) is 1.57. The molecule has 0 amide bonds. The van der Waals surface area contributed by atoms with E-state index < -0.39 is 15.8 Å². The zero-order chi connectivity index (χ0) is 13.3. The van der Waals surface area contributed by atoms with Gasteiger partial charge in [0.15, 0.2) is 0 Å². The van der Waals surface area contributed by atoms with E-state index >= 15 is 0 Å². The summed E-state index contributed by atoms with van der Waals surface area (Å²) in [5.74, 6) is -0.408. The van der Waals surface area contributed by atoms with Crippen LogP contribution in [0.4, 0.5) is 4.39 Å². The summed E-state index contributed by atoms with van der Waals surface area (Å²) in [6.45, 7) is 1.77. The molecule has 1 aliphatic carbocycles. The molecular weight excluding hydrogens is 291 g/mol. The first kappa shape index (κ1) is 16.4. The van der Waals surface area contributed by atoms with Crippen molar-refractivity contribution in [2.24, 2.45) is 11.7 Å². The summed E-state index contributed by atoms with van der Waals surface area (Å²) in [7, 11) is -3.83. The molecule has 0 saturated heterocycles. The van der Waals surface area contributed by atoms with Crippen LogP contribution < -0.4 is 10.5 Å². The normalized spacial score (nSPS) is 16.8. The molecule has 7 heteroatoms. The molecule has 0 aliphatic heterocycles. The number of halogens is 2. The average molecular weight is 309 g/mol. The summed E-state index contributed by atoms with van der Waals surface area (Å²) in [6.07, 6.45) is 1.95. The van der Waals surface area contributed by atoms with Crippen LogP contribution in [0, 0.1) is 18.7 Å². The molecule has 0 radical (unpaired) electrons. The first-order valence-corrected chi connectivity index (χ1v) is 7.41. The standard InChI is InChI=1S/C12H17FN2O2S.ClH/c1-8-3-2-4-11(12(8)13)18(16,17)15-10(7-14)9-5-6-9;/h2-4,9-10,15H,5-7,14H2,1H3;1H. The second-order valence-corrected chi connectivity index (χ2v) is 6.37. The molecule has 0 spiro atoms. The quantitative estimate of drug-likeness (QED) is 0.867. The third-order valence-electron chi connectivity index (χ3n) is 3.20. The molecule has 1 fully saturated rings. The fourth-order valence-corrected chi connectivity index (χ4v) is 3.40. The van der Waals surface area contributed by atoms with Gasteiger partial charge in [0.05, 0.1) is 0 Å². The molecule has 1 aromatic rings. The summed E-state index contributed by atoms with van der Waals surface area (Å²) < 4.78 is 40.5. The number of hydrogen-bond donors (Lipinski definition) is 2. The number of rotatable bonds is 5. The molecule has 108 valence electrons. The third kappa shape index (κ3) is 3.66. The van der Waals surface area contributed by atoms with E-state index in [2.05, 4.69) is 4.72 Å². The van der Waals surface area contributed by atoms with Crippen LogP contribution in [0.2, 0.25) is 0 Å². The lowest BCUT2D eigenvalue weighted by molar-refractivity contribution is 0.510. The lowest BCUT2D eigenvalue weighted by Crippen LogP contribution is -2.41. The van der Waals surface area contributed by atoms with Crippen molar-refractivity contribution < 1.29 is 12.8 Å². The number of aryl methyl sites for hydroxylation is 1. The molecular formula is C12H18ClFN2O2S. The van der Waals surface area contributed by atoms with E-state index in [1.54, 1.807) is 0 Å². The first-order valence-electron chi connectivity index (χ1n) is 5.93. The minimum absolute atomic E-state index is 0. The SMILES string of the molecule is Cc1cccc(S(=O)(=O)NC(CN)C2CC2)c1F.Cl. The van der Waals surface area contributed by atoms with Gasteiger partial charge in [0.2, 0.25) is 10.0 Å².